The van der Waals surface area contributed by atoms with Crippen LogP contribution < -0.4 is 5.73 Å². The molecule has 1 heterocycles. The monoisotopic (exact) mass is 257 g/mol. The van der Waals surface area contributed by atoms with Crippen LogP contribution in [0.15, 0.2) is 0 Å². The lowest BCUT2D eigenvalue weighted by atomic mass is 10.1. The molecular weight excluding hydrogens is 230 g/mol. The summed E-state index contributed by atoms with van der Waals surface area (Å²) in [5, 5.41) is 0. The van der Waals surface area contributed by atoms with Crippen molar-refractivity contribution in [1.82, 2.24) is 9.80 Å². The molecule has 1 fully saturated rings. The summed E-state index contributed by atoms with van der Waals surface area (Å²) in [4.78, 5) is 16.4. The minimum absolute atomic E-state index is 0.0857. The van der Waals surface area contributed by atoms with Gasteiger partial charge in [0.2, 0.25) is 5.91 Å². The maximum Gasteiger partial charge on any atom is 0.239 e. The van der Waals surface area contributed by atoms with Gasteiger partial charge in [0.15, 0.2) is 0 Å². The number of carbonyl (C=O) groups is 1. The van der Waals surface area contributed by atoms with Crippen molar-refractivity contribution < 1.29 is 9.53 Å². The lowest BCUT2D eigenvalue weighted by Gasteiger charge is -2.45. The van der Waals surface area contributed by atoms with E-state index in [0.29, 0.717) is 18.5 Å². The molecule has 0 aromatic rings. The van der Waals surface area contributed by atoms with Crippen molar-refractivity contribution in [1.29, 1.82) is 0 Å². The maximum absolute atomic E-state index is 12.1. The van der Waals surface area contributed by atoms with E-state index in [4.69, 9.17) is 10.5 Å². The largest absolute Gasteiger partial charge is 0.383 e. The molecule has 0 bridgehead atoms. The first-order valence-electron chi connectivity index (χ1n) is 6.80. The summed E-state index contributed by atoms with van der Waals surface area (Å²) in [6.45, 7) is 9.44. The Morgan fingerprint density at radius 1 is 1.39 bits per heavy atom. The second-order valence-corrected chi connectivity index (χ2v) is 5.19. The van der Waals surface area contributed by atoms with Gasteiger partial charge in [-0.1, -0.05) is 6.92 Å². The third-order valence-corrected chi connectivity index (χ3v) is 3.72. The van der Waals surface area contributed by atoms with Crippen LogP contribution in [-0.4, -0.2) is 67.2 Å². The van der Waals surface area contributed by atoms with Crippen LogP contribution in [0.25, 0.3) is 0 Å². The fourth-order valence-corrected chi connectivity index (χ4v) is 2.58. The maximum atomic E-state index is 12.1. The Balaban J connectivity index is 2.58. The molecule has 1 aliphatic rings. The highest BCUT2D eigenvalue weighted by atomic mass is 16.5. The molecule has 1 amide bonds. The minimum Gasteiger partial charge on any atom is -0.383 e. The van der Waals surface area contributed by atoms with Crippen molar-refractivity contribution in [3.05, 3.63) is 0 Å². The zero-order valence-electron chi connectivity index (χ0n) is 12.1. The highest BCUT2D eigenvalue weighted by Gasteiger charge is 2.32. The Morgan fingerprint density at radius 3 is 2.39 bits per heavy atom. The Morgan fingerprint density at radius 2 is 1.94 bits per heavy atom. The molecule has 0 aliphatic carbocycles. The zero-order chi connectivity index (χ0) is 13.7. The number of piperazine rings is 1. The van der Waals surface area contributed by atoms with Crippen LogP contribution >= 0.6 is 0 Å². The van der Waals surface area contributed by atoms with Crippen molar-refractivity contribution >= 4 is 5.91 Å². The average Bonchev–Trinajstić information content (AvgIpc) is 2.35. The second-order valence-electron chi connectivity index (χ2n) is 5.19. The van der Waals surface area contributed by atoms with Gasteiger partial charge >= 0.3 is 0 Å². The van der Waals surface area contributed by atoms with Crippen molar-refractivity contribution in [2.45, 2.75) is 45.3 Å². The van der Waals surface area contributed by atoms with E-state index in [2.05, 4.69) is 18.7 Å². The van der Waals surface area contributed by atoms with E-state index >= 15 is 0 Å². The molecule has 0 saturated carbocycles. The summed E-state index contributed by atoms with van der Waals surface area (Å²) >= 11 is 0. The Labute approximate surface area is 110 Å². The van der Waals surface area contributed by atoms with Gasteiger partial charge in [-0.25, -0.2) is 0 Å². The molecule has 0 aromatic heterocycles. The van der Waals surface area contributed by atoms with Gasteiger partial charge in [-0.15, -0.1) is 0 Å². The van der Waals surface area contributed by atoms with Crippen molar-refractivity contribution in [3.63, 3.8) is 0 Å². The number of rotatable bonds is 5. The first-order valence-corrected chi connectivity index (χ1v) is 6.80. The van der Waals surface area contributed by atoms with Crippen LogP contribution in [-0.2, 0) is 9.53 Å². The summed E-state index contributed by atoms with van der Waals surface area (Å²) in [5.41, 5.74) is 5.83. The molecule has 106 valence electrons. The number of methoxy groups -OCH3 is 1. The molecule has 3 atom stereocenters. The first-order chi connectivity index (χ1) is 8.51. The Bertz CT molecular complexity index is 261. The Kier molecular flexibility index (Phi) is 6.05. The smallest absolute Gasteiger partial charge is 0.239 e. The molecule has 2 N–H and O–H groups in total. The third kappa shape index (κ3) is 3.67. The summed E-state index contributed by atoms with van der Waals surface area (Å²) < 4.78 is 5.13. The highest BCUT2D eigenvalue weighted by molar-refractivity contribution is 5.81. The van der Waals surface area contributed by atoms with Gasteiger partial charge in [0.25, 0.3) is 0 Å². The molecule has 0 radical (unpaired) electrons. The molecule has 0 unspecified atom stereocenters. The molecule has 0 spiro atoms. The van der Waals surface area contributed by atoms with Crippen LogP contribution in [0.1, 0.15) is 27.2 Å². The van der Waals surface area contributed by atoms with Crippen LogP contribution in [0.5, 0.6) is 0 Å². The van der Waals surface area contributed by atoms with Crippen molar-refractivity contribution in [2.24, 2.45) is 5.73 Å². The van der Waals surface area contributed by atoms with Gasteiger partial charge < -0.3 is 15.4 Å². The topological polar surface area (TPSA) is 58.8 Å². The van der Waals surface area contributed by atoms with Crippen LogP contribution in [0.3, 0.4) is 0 Å². The van der Waals surface area contributed by atoms with Gasteiger partial charge in [-0.2, -0.15) is 0 Å². The summed E-state index contributed by atoms with van der Waals surface area (Å²) in [6.07, 6.45) is 0.700. The molecule has 5 nitrogen and oxygen atoms in total. The molecular formula is C13H27N3O2. The predicted octanol–water partition coefficient (Wildman–Crippen LogP) is 0.291. The standard InChI is InChI=1S/C13H27N3O2/c1-5-12(14)13(17)15-8-10(2)16(6-7-18-4)11(3)9-15/h10-12H,5-9,14H2,1-4H3/t10-,11-,12-/m0/s1. The molecule has 1 aliphatic heterocycles. The summed E-state index contributed by atoms with van der Waals surface area (Å²) in [7, 11) is 1.72. The van der Waals surface area contributed by atoms with E-state index in [1.54, 1.807) is 7.11 Å². The second kappa shape index (κ2) is 7.07. The average molecular weight is 257 g/mol. The lowest BCUT2D eigenvalue weighted by molar-refractivity contribution is -0.137. The first kappa shape index (κ1) is 15.4. The van der Waals surface area contributed by atoms with E-state index in [1.807, 2.05) is 11.8 Å². The lowest BCUT2D eigenvalue weighted by Crippen LogP contribution is -2.60. The normalized spacial score (nSPS) is 27.3. The van der Waals surface area contributed by atoms with Crippen LogP contribution in [0.4, 0.5) is 0 Å². The van der Waals surface area contributed by atoms with Crippen molar-refractivity contribution in [3.8, 4) is 0 Å². The zero-order valence-corrected chi connectivity index (χ0v) is 12.1. The van der Waals surface area contributed by atoms with Gasteiger partial charge in [0.05, 0.1) is 12.6 Å². The van der Waals surface area contributed by atoms with Gasteiger partial charge in [0.1, 0.15) is 0 Å². The predicted molar refractivity (Wildman–Crippen MR) is 72.4 cm³/mol. The molecule has 18 heavy (non-hydrogen) atoms. The van der Waals surface area contributed by atoms with Crippen molar-refractivity contribution in [2.75, 3.05) is 33.4 Å². The fraction of sp³-hybridized carbons (Fsp3) is 0.923. The third-order valence-electron chi connectivity index (χ3n) is 3.72. The van der Waals surface area contributed by atoms with E-state index in [-0.39, 0.29) is 11.9 Å². The van der Waals surface area contributed by atoms with E-state index < -0.39 is 0 Å². The number of hydrogen-bond acceptors (Lipinski definition) is 4. The molecule has 5 heteroatoms. The molecule has 0 aromatic carbocycles. The number of nitrogens with two attached hydrogens (primary N) is 1. The number of amides is 1. The van der Waals surface area contributed by atoms with Gasteiger partial charge in [-0.05, 0) is 20.3 Å². The van der Waals surface area contributed by atoms with Crippen LogP contribution in [0, 0.1) is 0 Å². The Hall–Kier alpha value is -0.650. The summed E-state index contributed by atoms with van der Waals surface area (Å²) in [5.74, 6) is 0.0857. The quantitative estimate of drug-likeness (QED) is 0.769. The number of ether oxygens (including phenoxy) is 1. The van der Waals surface area contributed by atoms with Crippen LogP contribution in [0.2, 0.25) is 0 Å². The van der Waals surface area contributed by atoms with Gasteiger partial charge in [-0.3, -0.25) is 9.69 Å². The van der Waals surface area contributed by atoms with E-state index in [9.17, 15) is 4.79 Å². The van der Waals surface area contributed by atoms with E-state index in [0.717, 1.165) is 26.2 Å². The number of carbonyl (C=O) groups excluding carboxylic acids is 1. The SMILES string of the molecule is CC[C@H](N)C(=O)N1C[C@H](C)N(CCOC)[C@@H](C)C1. The highest BCUT2D eigenvalue weighted by Crippen LogP contribution is 2.16. The summed E-state index contributed by atoms with van der Waals surface area (Å²) in [6, 6.07) is 0.365. The number of hydrogen-bond donors (Lipinski definition) is 1. The fourth-order valence-electron chi connectivity index (χ4n) is 2.58. The number of nitrogens with zero attached hydrogens (tertiary/aromatic N) is 2. The van der Waals surface area contributed by atoms with Gasteiger partial charge in [0, 0.05) is 38.8 Å². The van der Waals surface area contributed by atoms with E-state index in [1.165, 1.54) is 0 Å². The molecule has 1 saturated heterocycles. The minimum atomic E-state index is -0.352. The molecule has 1 rings (SSSR count).